The van der Waals surface area contributed by atoms with Gasteiger partial charge in [-0.3, -0.25) is 0 Å². The molecule has 2 aliphatic carbocycles. The minimum atomic E-state index is 0.407. The Balaban J connectivity index is 0.994. The van der Waals surface area contributed by atoms with Gasteiger partial charge >= 0.3 is 0 Å². The van der Waals surface area contributed by atoms with E-state index >= 15 is 0 Å². The molecule has 8 aromatic carbocycles. The molecule has 0 amide bonds. The van der Waals surface area contributed by atoms with E-state index in [1.807, 2.05) is 0 Å². The van der Waals surface area contributed by atoms with E-state index in [0.29, 0.717) is 11.8 Å². The summed E-state index contributed by atoms with van der Waals surface area (Å²) in [6, 6.07) is 58.7. The number of para-hydroxylation sites is 2. The molecule has 2 atom stereocenters. The van der Waals surface area contributed by atoms with Crippen LogP contribution in [-0.4, -0.2) is 9.13 Å². The molecule has 2 nitrogen and oxygen atoms in total. The Kier molecular flexibility index (Phi) is 6.20. The van der Waals surface area contributed by atoms with Gasteiger partial charge in [0.25, 0.3) is 0 Å². The van der Waals surface area contributed by atoms with Gasteiger partial charge in [-0.2, -0.15) is 0 Å². The maximum Gasteiger partial charge on any atom is 0.0541 e. The first kappa shape index (κ1) is 29.7. The zero-order valence-corrected chi connectivity index (χ0v) is 29.5. The van der Waals surface area contributed by atoms with Crippen LogP contribution in [-0.2, 0) is 0 Å². The first-order valence-electron chi connectivity index (χ1n) is 18.9. The summed E-state index contributed by atoms with van der Waals surface area (Å²) in [4.78, 5) is 0. The highest BCUT2D eigenvalue weighted by atomic mass is 15.0. The Morgan fingerprint density at radius 2 is 0.944 bits per heavy atom. The summed E-state index contributed by atoms with van der Waals surface area (Å²) < 4.78 is 4.86. The molecule has 0 fully saturated rings. The maximum absolute atomic E-state index is 2.44. The Labute approximate surface area is 312 Å². The van der Waals surface area contributed by atoms with Crippen LogP contribution in [0.15, 0.2) is 188 Å². The molecule has 2 heterocycles. The van der Waals surface area contributed by atoms with Crippen molar-refractivity contribution in [3.63, 3.8) is 0 Å². The fourth-order valence-corrected chi connectivity index (χ4v) is 9.48. The zero-order valence-electron chi connectivity index (χ0n) is 29.5. The number of rotatable bonds is 3. The van der Waals surface area contributed by atoms with Crippen molar-refractivity contribution < 1.29 is 0 Å². The van der Waals surface area contributed by atoms with Crippen molar-refractivity contribution >= 4 is 71.2 Å². The highest BCUT2D eigenvalue weighted by molar-refractivity contribution is 6.13. The van der Waals surface area contributed by atoms with Gasteiger partial charge in [0.15, 0.2) is 0 Å². The quantitative estimate of drug-likeness (QED) is 0.164. The van der Waals surface area contributed by atoms with Gasteiger partial charge in [0.05, 0.1) is 22.1 Å². The van der Waals surface area contributed by atoms with Crippen LogP contribution in [0.5, 0.6) is 0 Å². The summed E-state index contributed by atoms with van der Waals surface area (Å²) in [7, 11) is 0. The number of hydrogen-bond acceptors (Lipinski definition) is 0. The Bertz CT molecular complexity index is 3290. The predicted molar refractivity (Wildman–Crippen MR) is 229 cm³/mol. The molecule has 0 radical (unpaired) electrons. The van der Waals surface area contributed by atoms with Gasteiger partial charge in [-0.05, 0) is 104 Å². The summed E-state index contributed by atoms with van der Waals surface area (Å²) in [5, 5.41) is 10.2. The average Bonchev–Trinajstić information content (AvgIpc) is 3.75. The average molecular weight is 687 g/mol. The fraction of sp³-hybridized carbons (Fsp3) is 0.0385. The molecule has 0 saturated heterocycles. The van der Waals surface area contributed by atoms with Crippen molar-refractivity contribution in [2.75, 3.05) is 0 Å². The first-order valence-corrected chi connectivity index (χ1v) is 18.9. The van der Waals surface area contributed by atoms with Gasteiger partial charge in [0, 0.05) is 44.8 Å². The van der Waals surface area contributed by atoms with E-state index in [9.17, 15) is 0 Å². The monoisotopic (exact) mass is 686 g/mol. The molecule has 12 rings (SSSR count). The number of nitrogens with zero attached hydrogens (tertiary/aromatic N) is 2. The third-order valence-corrected chi connectivity index (χ3v) is 12.0. The highest BCUT2D eigenvalue weighted by Gasteiger charge is 2.24. The van der Waals surface area contributed by atoms with Crippen molar-refractivity contribution in [3.8, 4) is 22.5 Å². The van der Waals surface area contributed by atoms with Crippen molar-refractivity contribution in [1.29, 1.82) is 0 Å². The van der Waals surface area contributed by atoms with Crippen molar-refractivity contribution in [2.45, 2.75) is 5.92 Å². The SMILES string of the molecule is C1=CC2C=Cc3cc(-n4c5ccccc5c5cc(-c6ccc7c(c6)c6ccccc6n7-c6ccc7c(ccc8ccccc87)c6)ccc54)ccc3C2C=C1. The molecule has 10 aromatic rings. The number of benzene rings is 8. The summed E-state index contributed by atoms with van der Waals surface area (Å²) >= 11 is 0. The van der Waals surface area contributed by atoms with Crippen LogP contribution in [0.3, 0.4) is 0 Å². The van der Waals surface area contributed by atoms with Crippen LogP contribution >= 0.6 is 0 Å². The number of hydrogen-bond donors (Lipinski definition) is 0. The van der Waals surface area contributed by atoms with Crippen LogP contribution in [0.4, 0.5) is 0 Å². The van der Waals surface area contributed by atoms with Gasteiger partial charge in [0.2, 0.25) is 0 Å². The van der Waals surface area contributed by atoms with Crippen LogP contribution in [0.2, 0.25) is 0 Å². The lowest BCUT2D eigenvalue weighted by molar-refractivity contribution is 0.692. The van der Waals surface area contributed by atoms with Gasteiger partial charge in [-0.15, -0.1) is 0 Å². The molecule has 54 heavy (non-hydrogen) atoms. The molecule has 0 bridgehead atoms. The Morgan fingerprint density at radius 1 is 0.370 bits per heavy atom. The van der Waals surface area contributed by atoms with Gasteiger partial charge in [-0.25, -0.2) is 0 Å². The summed E-state index contributed by atoms with van der Waals surface area (Å²) in [6.07, 6.45) is 13.7. The largest absolute Gasteiger partial charge is 0.309 e. The van der Waals surface area contributed by atoms with Crippen molar-refractivity contribution in [1.82, 2.24) is 9.13 Å². The highest BCUT2D eigenvalue weighted by Crippen LogP contribution is 2.42. The number of aromatic nitrogens is 2. The Morgan fingerprint density at radius 3 is 1.69 bits per heavy atom. The van der Waals surface area contributed by atoms with Crippen molar-refractivity contribution in [2.24, 2.45) is 5.92 Å². The molecular formula is C52H34N2. The third kappa shape index (κ3) is 4.28. The van der Waals surface area contributed by atoms with Crippen LogP contribution < -0.4 is 0 Å². The number of allylic oxidation sites excluding steroid dienone is 5. The molecule has 2 aliphatic rings. The third-order valence-electron chi connectivity index (χ3n) is 12.0. The summed E-state index contributed by atoms with van der Waals surface area (Å²) in [5.74, 6) is 0.847. The molecule has 2 aromatic heterocycles. The van der Waals surface area contributed by atoms with Crippen LogP contribution in [0.1, 0.15) is 17.0 Å². The maximum atomic E-state index is 2.44. The molecule has 0 saturated carbocycles. The lowest BCUT2D eigenvalue weighted by atomic mass is 9.77. The lowest BCUT2D eigenvalue weighted by Gasteiger charge is -2.27. The van der Waals surface area contributed by atoms with Gasteiger partial charge in [-0.1, -0.05) is 134 Å². The molecule has 2 unspecified atom stereocenters. The van der Waals surface area contributed by atoms with Crippen molar-refractivity contribution in [3.05, 3.63) is 199 Å². The minimum absolute atomic E-state index is 0.407. The standard InChI is InChI=1S/C52H34N2/c1-3-11-41-33(9-1)17-19-37-29-39(23-25-43(37)41)53-49-15-7-5-13-45(49)47-31-35(21-27-51(47)53)36-22-28-52-48(32-36)46-14-6-8-16-50(46)54(52)40-24-26-44-38(30-40)20-18-34-10-2-4-12-42(34)44/h1-33,41H. The Hall–Kier alpha value is -6.90. The molecule has 0 spiro atoms. The van der Waals surface area contributed by atoms with E-state index in [1.165, 1.54) is 98.8 Å². The molecule has 252 valence electrons. The van der Waals surface area contributed by atoms with E-state index in [4.69, 9.17) is 0 Å². The molecule has 2 heteroatoms. The molecule has 0 aliphatic heterocycles. The fourth-order valence-electron chi connectivity index (χ4n) is 9.48. The zero-order chi connectivity index (χ0) is 35.3. The van der Waals surface area contributed by atoms with E-state index in [-0.39, 0.29) is 0 Å². The first-order chi connectivity index (χ1) is 26.8. The lowest BCUT2D eigenvalue weighted by Crippen LogP contribution is -2.13. The topological polar surface area (TPSA) is 9.86 Å². The smallest absolute Gasteiger partial charge is 0.0541 e. The molecule has 0 N–H and O–H groups in total. The molecular weight excluding hydrogens is 653 g/mol. The van der Waals surface area contributed by atoms with E-state index in [1.54, 1.807) is 0 Å². The predicted octanol–water partition coefficient (Wildman–Crippen LogP) is 13.7. The minimum Gasteiger partial charge on any atom is -0.309 e. The van der Waals surface area contributed by atoms with E-state index < -0.39 is 0 Å². The van der Waals surface area contributed by atoms with Gasteiger partial charge < -0.3 is 9.13 Å². The van der Waals surface area contributed by atoms with Crippen LogP contribution in [0, 0.1) is 5.92 Å². The van der Waals surface area contributed by atoms with Gasteiger partial charge in [0.1, 0.15) is 0 Å². The van der Waals surface area contributed by atoms with E-state index in [0.717, 1.165) is 0 Å². The summed E-state index contributed by atoms with van der Waals surface area (Å²) in [5.41, 5.74) is 12.4. The second-order valence-electron chi connectivity index (χ2n) is 14.9. The normalized spacial score (nSPS) is 16.3. The number of fused-ring (bicyclic) bond motifs is 12. The second kappa shape index (κ2) is 11.3. The second-order valence-corrected chi connectivity index (χ2v) is 14.9. The van der Waals surface area contributed by atoms with E-state index in [2.05, 4.69) is 203 Å². The van der Waals surface area contributed by atoms with Crippen LogP contribution in [0.25, 0.3) is 93.7 Å². The summed E-state index contributed by atoms with van der Waals surface area (Å²) in [6.45, 7) is 0.